The van der Waals surface area contributed by atoms with Crippen molar-refractivity contribution in [2.45, 2.75) is 16.7 Å². The molecule has 0 aliphatic heterocycles. The van der Waals surface area contributed by atoms with E-state index in [1.807, 2.05) is 0 Å². The third-order valence-corrected chi connectivity index (χ3v) is 7.18. The Morgan fingerprint density at radius 3 is 1.82 bits per heavy atom. The first-order valence-corrected chi connectivity index (χ1v) is 12.4. The number of fused-ring (bicyclic) bond motifs is 2. The second kappa shape index (κ2) is 7.63. The summed E-state index contributed by atoms with van der Waals surface area (Å²) in [6.07, 6.45) is 0. The number of rotatable bonds is 4. The van der Waals surface area contributed by atoms with Gasteiger partial charge in [-0.1, -0.05) is 24.3 Å². The standard InChI is InChI=1S/C21H17N3O8S2/c1-9-6-15(33(27,28)29)12(22)7-13(9)24-14-8-16(34(30,31)32)19(23)18-17(14)20(25)10-4-2-3-5-11(10)21(18)26/h2-8,24H,22-23H2,1H3,(H,27,28,29)(H,30,31,32). The number of carbonyl (C=O) groups is 2. The summed E-state index contributed by atoms with van der Waals surface area (Å²) in [5.41, 5.74) is 10.4. The molecule has 0 unspecified atom stereocenters. The van der Waals surface area contributed by atoms with Gasteiger partial charge in [-0.2, -0.15) is 16.8 Å². The number of anilines is 4. The van der Waals surface area contributed by atoms with Crippen molar-refractivity contribution in [1.29, 1.82) is 0 Å². The predicted octanol–water partition coefficient (Wildman–Crippen LogP) is 2.17. The summed E-state index contributed by atoms with van der Waals surface area (Å²) in [6, 6.07) is 9.02. The molecule has 0 fully saturated rings. The fraction of sp³-hybridized carbons (Fsp3) is 0.0476. The molecule has 3 aromatic rings. The summed E-state index contributed by atoms with van der Waals surface area (Å²) in [5, 5.41) is 2.78. The number of ketones is 2. The minimum absolute atomic E-state index is 0.0167. The van der Waals surface area contributed by atoms with Gasteiger partial charge < -0.3 is 16.8 Å². The molecule has 13 heteroatoms. The van der Waals surface area contributed by atoms with Gasteiger partial charge in [0.15, 0.2) is 11.6 Å². The molecule has 0 bridgehead atoms. The highest BCUT2D eigenvalue weighted by Gasteiger charge is 2.36. The van der Waals surface area contributed by atoms with Crippen LogP contribution in [0.25, 0.3) is 0 Å². The summed E-state index contributed by atoms with van der Waals surface area (Å²) in [6.45, 7) is 1.46. The highest BCUT2D eigenvalue weighted by molar-refractivity contribution is 7.86. The number of nitrogen functional groups attached to an aromatic ring is 2. The molecule has 1 aliphatic rings. The second-order valence-corrected chi connectivity index (χ2v) is 10.3. The van der Waals surface area contributed by atoms with Crippen molar-refractivity contribution < 1.29 is 35.5 Å². The van der Waals surface area contributed by atoms with Crippen LogP contribution in [0.3, 0.4) is 0 Å². The molecule has 176 valence electrons. The number of carbonyl (C=O) groups excluding carboxylic acids is 2. The molecule has 0 saturated carbocycles. The van der Waals surface area contributed by atoms with Crippen molar-refractivity contribution in [3.63, 3.8) is 0 Å². The lowest BCUT2D eigenvalue weighted by atomic mass is 9.82. The van der Waals surface area contributed by atoms with Gasteiger partial charge in [0.25, 0.3) is 20.2 Å². The van der Waals surface area contributed by atoms with Crippen LogP contribution in [0.5, 0.6) is 0 Å². The Morgan fingerprint density at radius 1 is 0.765 bits per heavy atom. The van der Waals surface area contributed by atoms with Crippen molar-refractivity contribution in [2.24, 2.45) is 0 Å². The van der Waals surface area contributed by atoms with E-state index in [4.69, 9.17) is 11.5 Å². The van der Waals surface area contributed by atoms with Crippen molar-refractivity contribution >= 4 is 54.6 Å². The Labute approximate surface area is 193 Å². The van der Waals surface area contributed by atoms with Gasteiger partial charge in [-0.25, -0.2) is 0 Å². The molecule has 0 amide bonds. The van der Waals surface area contributed by atoms with Gasteiger partial charge in [0.05, 0.1) is 28.2 Å². The number of hydrogen-bond donors (Lipinski definition) is 5. The Morgan fingerprint density at radius 2 is 1.29 bits per heavy atom. The lowest BCUT2D eigenvalue weighted by Crippen LogP contribution is -2.25. The van der Waals surface area contributed by atoms with Crippen LogP contribution in [-0.4, -0.2) is 37.5 Å². The normalized spacial score (nSPS) is 13.4. The van der Waals surface area contributed by atoms with E-state index in [9.17, 15) is 35.5 Å². The molecule has 0 radical (unpaired) electrons. The fourth-order valence-corrected chi connectivity index (χ4v) is 5.14. The molecule has 0 aromatic heterocycles. The summed E-state index contributed by atoms with van der Waals surface area (Å²) >= 11 is 0. The van der Waals surface area contributed by atoms with E-state index in [0.29, 0.717) is 0 Å². The van der Waals surface area contributed by atoms with Gasteiger partial charge >= 0.3 is 0 Å². The number of aryl methyl sites for hydroxylation is 1. The molecule has 4 rings (SSSR count). The minimum Gasteiger partial charge on any atom is -0.398 e. The highest BCUT2D eigenvalue weighted by atomic mass is 32.2. The van der Waals surface area contributed by atoms with E-state index in [1.165, 1.54) is 25.1 Å². The average molecular weight is 504 g/mol. The van der Waals surface area contributed by atoms with Crippen LogP contribution in [0, 0.1) is 6.92 Å². The van der Waals surface area contributed by atoms with Crippen LogP contribution < -0.4 is 16.8 Å². The minimum atomic E-state index is -4.91. The molecule has 0 saturated heterocycles. The zero-order valence-corrected chi connectivity index (χ0v) is 19.0. The van der Waals surface area contributed by atoms with Crippen LogP contribution in [0.15, 0.2) is 52.3 Å². The van der Waals surface area contributed by atoms with Crippen LogP contribution in [0.2, 0.25) is 0 Å². The average Bonchev–Trinajstić information content (AvgIpc) is 2.73. The first-order chi connectivity index (χ1) is 15.7. The number of hydrogen-bond acceptors (Lipinski definition) is 9. The quantitative estimate of drug-likeness (QED) is 0.201. The summed E-state index contributed by atoms with van der Waals surface area (Å²) in [4.78, 5) is 25.2. The molecule has 0 atom stereocenters. The largest absolute Gasteiger partial charge is 0.398 e. The van der Waals surface area contributed by atoms with Gasteiger partial charge in [-0.15, -0.1) is 0 Å². The topological polar surface area (TPSA) is 207 Å². The van der Waals surface area contributed by atoms with E-state index in [0.717, 1.165) is 18.2 Å². The lowest BCUT2D eigenvalue weighted by molar-refractivity contribution is 0.0980. The van der Waals surface area contributed by atoms with Crippen LogP contribution >= 0.6 is 0 Å². The van der Waals surface area contributed by atoms with Crippen molar-refractivity contribution in [3.8, 4) is 0 Å². The predicted molar refractivity (Wildman–Crippen MR) is 123 cm³/mol. The Hall–Kier alpha value is -3.78. The van der Waals surface area contributed by atoms with Crippen LogP contribution in [0.1, 0.15) is 37.4 Å². The van der Waals surface area contributed by atoms with Gasteiger partial charge in [-0.3, -0.25) is 18.7 Å². The third-order valence-electron chi connectivity index (χ3n) is 5.38. The number of benzene rings is 3. The maximum Gasteiger partial charge on any atom is 0.296 e. The highest BCUT2D eigenvalue weighted by Crippen LogP contribution is 2.40. The van der Waals surface area contributed by atoms with E-state index in [2.05, 4.69) is 5.32 Å². The summed E-state index contributed by atoms with van der Waals surface area (Å²) in [5.74, 6) is -1.34. The van der Waals surface area contributed by atoms with Gasteiger partial charge in [-0.05, 0) is 30.7 Å². The summed E-state index contributed by atoms with van der Waals surface area (Å²) in [7, 11) is -9.53. The molecular weight excluding hydrogens is 486 g/mol. The van der Waals surface area contributed by atoms with E-state index in [-0.39, 0.29) is 39.3 Å². The smallest absolute Gasteiger partial charge is 0.296 e. The molecule has 0 heterocycles. The molecule has 1 aliphatic carbocycles. The molecule has 7 N–H and O–H groups in total. The third kappa shape index (κ3) is 3.70. The SMILES string of the molecule is Cc1cc(S(=O)(=O)O)c(N)cc1Nc1cc(S(=O)(=O)O)c(N)c2c1C(=O)c1ccccc1C2=O. The van der Waals surface area contributed by atoms with Crippen molar-refractivity contribution in [2.75, 3.05) is 16.8 Å². The molecule has 34 heavy (non-hydrogen) atoms. The summed E-state index contributed by atoms with van der Waals surface area (Å²) < 4.78 is 66.0. The van der Waals surface area contributed by atoms with Crippen molar-refractivity contribution in [3.05, 3.63) is 70.3 Å². The first-order valence-electron chi connectivity index (χ1n) is 9.49. The van der Waals surface area contributed by atoms with Crippen LogP contribution in [-0.2, 0) is 20.2 Å². The zero-order chi connectivity index (χ0) is 25.2. The monoisotopic (exact) mass is 503 g/mol. The van der Waals surface area contributed by atoms with Crippen LogP contribution in [0.4, 0.5) is 22.7 Å². The molecule has 0 spiro atoms. The van der Waals surface area contributed by atoms with Gasteiger partial charge in [0.1, 0.15) is 9.79 Å². The van der Waals surface area contributed by atoms with E-state index < -0.39 is 52.8 Å². The Bertz CT molecular complexity index is 1640. The van der Waals surface area contributed by atoms with Gasteiger partial charge in [0.2, 0.25) is 0 Å². The number of nitrogens with two attached hydrogens (primary N) is 2. The van der Waals surface area contributed by atoms with E-state index in [1.54, 1.807) is 6.07 Å². The lowest BCUT2D eigenvalue weighted by Gasteiger charge is -2.24. The maximum atomic E-state index is 13.3. The molecule has 3 aromatic carbocycles. The Kier molecular flexibility index (Phi) is 5.25. The van der Waals surface area contributed by atoms with Crippen molar-refractivity contribution in [1.82, 2.24) is 0 Å². The molecule has 11 nitrogen and oxygen atoms in total. The fourth-order valence-electron chi connectivity index (χ4n) is 3.81. The Balaban J connectivity index is 2.01. The maximum absolute atomic E-state index is 13.3. The van der Waals surface area contributed by atoms with E-state index >= 15 is 0 Å². The number of nitrogens with one attached hydrogen (secondary N) is 1. The van der Waals surface area contributed by atoms with Gasteiger partial charge in [0, 0.05) is 16.8 Å². The second-order valence-electron chi connectivity index (χ2n) is 7.57. The molecular formula is C21H17N3O8S2. The zero-order valence-electron chi connectivity index (χ0n) is 17.4. The first kappa shape index (κ1) is 23.4.